The molecule has 1 fully saturated rings. The number of morpholine rings is 1. The van der Waals surface area contributed by atoms with Crippen molar-refractivity contribution in [3.8, 4) is 34.1 Å². The summed E-state index contributed by atoms with van der Waals surface area (Å²) >= 11 is 0. The van der Waals surface area contributed by atoms with Gasteiger partial charge >= 0.3 is 0 Å². The van der Waals surface area contributed by atoms with Gasteiger partial charge in [0.15, 0.2) is 5.60 Å². The summed E-state index contributed by atoms with van der Waals surface area (Å²) in [6.45, 7) is 9.80. The van der Waals surface area contributed by atoms with E-state index in [0.717, 1.165) is 89.6 Å². The molecule has 8 rings (SSSR count). The third kappa shape index (κ3) is 6.40. The maximum Gasteiger partial charge on any atom is 0.178 e. The molecule has 1 saturated heterocycles. The quantitative estimate of drug-likeness (QED) is 0.105. The van der Waals surface area contributed by atoms with Gasteiger partial charge in [0.1, 0.15) is 23.0 Å². The molecule has 0 spiro atoms. The van der Waals surface area contributed by atoms with Crippen molar-refractivity contribution in [3.05, 3.63) is 119 Å². The van der Waals surface area contributed by atoms with E-state index in [9.17, 15) is 0 Å². The van der Waals surface area contributed by atoms with E-state index in [2.05, 4.69) is 104 Å². The fourth-order valence-electron chi connectivity index (χ4n) is 8.91. The van der Waals surface area contributed by atoms with Gasteiger partial charge in [-0.05, 0) is 115 Å². The predicted octanol–water partition coefficient (Wildman–Crippen LogP) is 9.17. The highest BCUT2D eigenvalue weighted by molar-refractivity contribution is 6.09. The van der Waals surface area contributed by atoms with E-state index in [1.807, 2.05) is 12.1 Å². The normalized spacial score (nSPS) is 18.0. The number of methoxy groups -OCH3 is 3. The highest BCUT2D eigenvalue weighted by Crippen LogP contribution is 2.61. The summed E-state index contributed by atoms with van der Waals surface area (Å²) < 4.78 is 42.9. The maximum absolute atomic E-state index is 7.67. The van der Waals surface area contributed by atoms with E-state index in [1.54, 1.807) is 21.3 Å². The van der Waals surface area contributed by atoms with Crippen molar-refractivity contribution in [1.82, 2.24) is 0 Å². The zero-order valence-corrected chi connectivity index (χ0v) is 32.6. The molecule has 0 saturated carbocycles. The van der Waals surface area contributed by atoms with Gasteiger partial charge in [-0.25, -0.2) is 0 Å². The number of benzene rings is 5. The molecule has 0 amide bonds. The molecule has 2 heterocycles. The number of hydrogen-bond acceptors (Lipinski definition) is 8. The Labute approximate surface area is 324 Å². The number of ether oxygens (including phenoxy) is 7. The summed E-state index contributed by atoms with van der Waals surface area (Å²) in [5, 5.41) is 2.10. The lowest BCUT2D eigenvalue weighted by molar-refractivity contribution is 0.105. The average Bonchev–Trinajstić information content (AvgIpc) is 3.53. The Balaban J connectivity index is 1.39. The third-order valence-electron chi connectivity index (χ3n) is 11.7. The Morgan fingerprint density at radius 3 is 1.91 bits per heavy atom. The fourth-order valence-corrected chi connectivity index (χ4v) is 8.91. The largest absolute Gasteiger partial charge is 0.497 e. The molecule has 55 heavy (non-hydrogen) atoms. The molecule has 0 bridgehead atoms. The van der Waals surface area contributed by atoms with Crippen LogP contribution >= 0.6 is 0 Å². The third-order valence-corrected chi connectivity index (χ3v) is 11.7. The van der Waals surface area contributed by atoms with Crippen LogP contribution < -0.4 is 23.8 Å². The molecule has 286 valence electrons. The number of fused-ring (bicyclic) bond motifs is 8. The lowest BCUT2D eigenvalue weighted by atomic mass is 9.70. The molecule has 1 unspecified atom stereocenters. The van der Waals surface area contributed by atoms with Crippen molar-refractivity contribution >= 4 is 22.5 Å². The van der Waals surface area contributed by atoms with Crippen molar-refractivity contribution in [2.75, 3.05) is 79.0 Å². The van der Waals surface area contributed by atoms with E-state index >= 15 is 0 Å². The molecule has 3 aliphatic rings. The number of anilines is 1. The first kappa shape index (κ1) is 36.9. The first-order valence-corrected chi connectivity index (χ1v) is 19.5. The predicted molar refractivity (Wildman–Crippen MR) is 218 cm³/mol. The zero-order chi connectivity index (χ0) is 38.0. The van der Waals surface area contributed by atoms with Crippen LogP contribution in [0.2, 0.25) is 0 Å². The van der Waals surface area contributed by atoms with Gasteiger partial charge in [0, 0.05) is 72.7 Å². The van der Waals surface area contributed by atoms with Crippen LogP contribution in [0.5, 0.6) is 23.0 Å². The molecule has 5 aromatic carbocycles. The van der Waals surface area contributed by atoms with E-state index in [0.29, 0.717) is 26.4 Å². The molecule has 0 N–H and O–H groups in total. The monoisotopic (exact) mass is 741 g/mol. The van der Waals surface area contributed by atoms with E-state index in [4.69, 9.17) is 33.2 Å². The Kier molecular flexibility index (Phi) is 10.5. The van der Waals surface area contributed by atoms with Crippen LogP contribution in [0, 0.1) is 0 Å². The lowest BCUT2D eigenvalue weighted by Crippen LogP contribution is -2.37. The Morgan fingerprint density at radius 2 is 1.27 bits per heavy atom. The van der Waals surface area contributed by atoms with Crippen LogP contribution in [0.4, 0.5) is 5.69 Å². The van der Waals surface area contributed by atoms with Gasteiger partial charge in [0.25, 0.3) is 0 Å². The molecule has 8 nitrogen and oxygen atoms in total. The van der Waals surface area contributed by atoms with Crippen LogP contribution in [0.1, 0.15) is 54.5 Å². The average molecular weight is 742 g/mol. The minimum Gasteiger partial charge on any atom is -0.497 e. The number of hydrogen-bond donors (Lipinski definition) is 0. The highest BCUT2D eigenvalue weighted by Gasteiger charge is 2.48. The Hall–Kier alpha value is -5.02. The van der Waals surface area contributed by atoms with Gasteiger partial charge in [0.2, 0.25) is 0 Å². The van der Waals surface area contributed by atoms with Crippen LogP contribution in [0.25, 0.3) is 28.0 Å². The lowest BCUT2D eigenvalue weighted by Gasteiger charge is -2.40. The van der Waals surface area contributed by atoms with Gasteiger partial charge in [-0.2, -0.15) is 0 Å². The van der Waals surface area contributed by atoms with Crippen LogP contribution in [0.3, 0.4) is 0 Å². The molecule has 1 aliphatic carbocycles. The van der Waals surface area contributed by atoms with Gasteiger partial charge in [-0.1, -0.05) is 36.4 Å². The van der Waals surface area contributed by atoms with Crippen LogP contribution in [-0.4, -0.2) is 74.1 Å². The highest BCUT2D eigenvalue weighted by atomic mass is 16.5. The Bertz CT molecular complexity index is 2160. The van der Waals surface area contributed by atoms with Crippen molar-refractivity contribution in [1.29, 1.82) is 0 Å². The molecule has 5 aromatic rings. The second-order valence-electron chi connectivity index (χ2n) is 14.3. The first-order valence-electron chi connectivity index (χ1n) is 19.5. The van der Waals surface area contributed by atoms with Gasteiger partial charge < -0.3 is 38.1 Å². The number of nitrogens with zero attached hydrogens (tertiary/aromatic N) is 1. The molecular formula is C47H51NO7. The minimum absolute atomic E-state index is 0.435. The van der Waals surface area contributed by atoms with Crippen molar-refractivity contribution in [2.45, 2.75) is 37.7 Å². The summed E-state index contributed by atoms with van der Waals surface area (Å²) in [6.07, 6.45) is 6.09. The van der Waals surface area contributed by atoms with Crippen molar-refractivity contribution in [2.24, 2.45) is 0 Å². The minimum atomic E-state index is -0.943. The van der Waals surface area contributed by atoms with Crippen LogP contribution in [0.15, 0.2) is 91.0 Å². The van der Waals surface area contributed by atoms with E-state index in [1.165, 1.54) is 27.9 Å². The van der Waals surface area contributed by atoms with Gasteiger partial charge in [-0.15, -0.1) is 0 Å². The topological polar surface area (TPSA) is 67.9 Å². The summed E-state index contributed by atoms with van der Waals surface area (Å²) in [7, 11) is 5.14. The smallest absolute Gasteiger partial charge is 0.178 e. The van der Waals surface area contributed by atoms with E-state index in [-0.39, 0.29) is 0 Å². The molecule has 0 radical (unpaired) electrons. The summed E-state index contributed by atoms with van der Waals surface area (Å²) in [5.41, 5.74) is 7.76. The van der Waals surface area contributed by atoms with Gasteiger partial charge in [0.05, 0.1) is 34.5 Å². The first-order chi connectivity index (χ1) is 27.0. The summed E-state index contributed by atoms with van der Waals surface area (Å²) in [6, 6.07) is 29.9. The molecule has 0 aromatic heterocycles. The zero-order valence-electron chi connectivity index (χ0n) is 32.6. The molecule has 8 heteroatoms. The van der Waals surface area contributed by atoms with E-state index < -0.39 is 11.0 Å². The van der Waals surface area contributed by atoms with Gasteiger partial charge in [-0.3, -0.25) is 0 Å². The van der Waals surface area contributed by atoms with Crippen LogP contribution in [-0.2, 0) is 25.2 Å². The molecule has 1 atom stereocenters. The second-order valence-corrected chi connectivity index (χ2v) is 14.3. The number of rotatable bonds is 14. The summed E-state index contributed by atoms with van der Waals surface area (Å²) in [5.74, 6) is 3.20. The second kappa shape index (κ2) is 15.6. The summed E-state index contributed by atoms with van der Waals surface area (Å²) in [4.78, 5) is 2.38. The molecular weight excluding hydrogens is 691 g/mol. The van der Waals surface area contributed by atoms with Crippen molar-refractivity contribution < 1.29 is 33.2 Å². The maximum atomic E-state index is 7.67. The van der Waals surface area contributed by atoms with Crippen molar-refractivity contribution in [3.63, 3.8) is 0 Å². The SMILES string of the molecule is CCOCCC1(CCOCC)c2cc(OC)ccc2-c2c1c1c(c3cc(OC)ccc23)OC(c2ccc(OC)cc2)(c2ccc(N3CCOCC3)cc2)C=C1. The standard InChI is InChI=1S/C47H51NO7/c1-6-52-26-22-46(23-27-53-7-2)42-31-37(51-5)17-19-39(42)43-38-18-16-36(50-4)30-41(38)45-40(44(43)46)20-21-47(55-45,33-10-14-35(49-3)15-11-33)32-8-12-34(13-9-32)48-24-28-54-29-25-48/h8-21,30-31H,6-7,22-29H2,1-5H3. The molecule has 2 aliphatic heterocycles. The Morgan fingerprint density at radius 1 is 0.673 bits per heavy atom. The fraction of sp³-hybridized carbons (Fsp3) is 0.362.